The van der Waals surface area contributed by atoms with Gasteiger partial charge in [-0.1, -0.05) is 19.9 Å². The second-order valence-electron chi connectivity index (χ2n) is 4.70. The van der Waals surface area contributed by atoms with Gasteiger partial charge in [0.2, 0.25) is 0 Å². The Kier molecular flexibility index (Phi) is 4.62. The van der Waals surface area contributed by atoms with Crippen molar-refractivity contribution < 1.29 is 4.79 Å². The van der Waals surface area contributed by atoms with Crippen LogP contribution in [0.4, 0.5) is 0 Å². The smallest absolute Gasteiger partial charge is 0.155 e. The van der Waals surface area contributed by atoms with Gasteiger partial charge in [-0.3, -0.25) is 4.79 Å². The summed E-state index contributed by atoms with van der Waals surface area (Å²) in [6.07, 6.45) is 12.8. The molecule has 15 heavy (non-hydrogen) atoms. The van der Waals surface area contributed by atoms with E-state index in [0.29, 0.717) is 17.8 Å². The third-order valence-corrected chi connectivity index (χ3v) is 3.23. The van der Waals surface area contributed by atoms with Crippen LogP contribution in [-0.4, -0.2) is 5.78 Å². The summed E-state index contributed by atoms with van der Waals surface area (Å²) in [6.45, 7) is 4.40. The fourth-order valence-corrected chi connectivity index (χ4v) is 2.31. The Morgan fingerprint density at radius 3 is 2.93 bits per heavy atom. The van der Waals surface area contributed by atoms with Crippen LogP contribution >= 0.6 is 0 Å². The zero-order valence-electron chi connectivity index (χ0n) is 9.70. The lowest BCUT2D eigenvalue weighted by molar-refractivity contribution is -0.116. The normalized spacial score (nSPS) is 25.6. The number of carbonyl (C=O) groups excluding carboxylic acids is 1. The second kappa shape index (κ2) is 5.75. The Hall–Kier alpha value is -1.03. The molecule has 0 aromatic carbocycles. The van der Waals surface area contributed by atoms with E-state index in [1.165, 1.54) is 0 Å². The van der Waals surface area contributed by atoms with Crippen LogP contribution < -0.4 is 0 Å². The van der Waals surface area contributed by atoms with Gasteiger partial charge in [0.15, 0.2) is 5.78 Å². The first-order valence-electron chi connectivity index (χ1n) is 5.79. The molecule has 0 bridgehead atoms. The lowest BCUT2D eigenvalue weighted by Crippen LogP contribution is -2.25. The van der Waals surface area contributed by atoms with E-state index in [9.17, 15) is 4.79 Å². The Balaban J connectivity index is 2.55. The highest BCUT2D eigenvalue weighted by atomic mass is 16.1. The van der Waals surface area contributed by atoms with Crippen molar-refractivity contribution in [1.29, 1.82) is 0 Å². The molecule has 0 saturated heterocycles. The predicted molar refractivity (Wildman–Crippen MR) is 63.3 cm³/mol. The van der Waals surface area contributed by atoms with Crippen LogP contribution in [0.1, 0.15) is 39.5 Å². The molecule has 0 unspecified atom stereocenters. The van der Waals surface area contributed by atoms with E-state index in [0.717, 1.165) is 25.7 Å². The summed E-state index contributed by atoms with van der Waals surface area (Å²) in [5.41, 5.74) is 0. The van der Waals surface area contributed by atoms with Crippen molar-refractivity contribution in [2.45, 2.75) is 39.5 Å². The molecule has 0 saturated carbocycles. The molecule has 0 spiro atoms. The molecule has 1 aliphatic rings. The van der Waals surface area contributed by atoms with Crippen LogP contribution in [-0.2, 0) is 4.79 Å². The number of rotatable bonds is 4. The zero-order chi connectivity index (χ0) is 11.3. The van der Waals surface area contributed by atoms with Gasteiger partial charge < -0.3 is 0 Å². The molecule has 0 amide bonds. The number of terminal acetylenes is 1. The highest BCUT2D eigenvalue weighted by Gasteiger charge is 2.27. The topological polar surface area (TPSA) is 17.1 Å². The highest BCUT2D eigenvalue weighted by Crippen LogP contribution is 2.32. The van der Waals surface area contributed by atoms with Crippen molar-refractivity contribution in [3.8, 4) is 12.3 Å². The highest BCUT2D eigenvalue weighted by molar-refractivity contribution is 5.90. The van der Waals surface area contributed by atoms with E-state index in [1.807, 2.05) is 0 Å². The molecular formula is C14H20O. The second-order valence-corrected chi connectivity index (χ2v) is 4.70. The summed E-state index contributed by atoms with van der Waals surface area (Å²) in [5, 5.41) is 0. The Morgan fingerprint density at radius 2 is 2.33 bits per heavy atom. The van der Waals surface area contributed by atoms with E-state index in [-0.39, 0.29) is 5.78 Å². The maximum absolute atomic E-state index is 11.3. The van der Waals surface area contributed by atoms with Gasteiger partial charge in [-0.25, -0.2) is 0 Å². The van der Waals surface area contributed by atoms with Crippen molar-refractivity contribution in [2.75, 3.05) is 0 Å². The average molecular weight is 204 g/mol. The van der Waals surface area contributed by atoms with E-state index < -0.39 is 0 Å². The summed E-state index contributed by atoms with van der Waals surface area (Å²) in [5.74, 6) is 4.59. The van der Waals surface area contributed by atoms with Crippen molar-refractivity contribution >= 4 is 5.78 Å². The fourth-order valence-electron chi connectivity index (χ4n) is 2.31. The fraction of sp³-hybridized carbons (Fsp3) is 0.643. The van der Waals surface area contributed by atoms with E-state index in [4.69, 9.17) is 6.42 Å². The molecule has 0 N–H and O–H groups in total. The third-order valence-electron chi connectivity index (χ3n) is 3.23. The first-order chi connectivity index (χ1) is 7.15. The SMILES string of the molecule is C#CCCC[C@H]1C=CC(=O)C[C@@H]1C(C)C. The minimum Gasteiger partial charge on any atom is -0.295 e. The summed E-state index contributed by atoms with van der Waals surface area (Å²) in [6, 6.07) is 0. The maximum Gasteiger partial charge on any atom is 0.155 e. The Morgan fingerprint density at radius 1 is 1.60 bits per heavy atom. The molecule has 0 fully saturated rings. The summed E-state index contributed by atoms with van der Waals surface area (Å²) in [4.78, 5) is 11.3. The van der Waals surface area contributed by atoms with Crippen LogP contribution in [0.2, 0.25) is 0 Å². The molecule has 2 atom stereocenters. The molecule has 0 aromatic rings. The molecule has 1 heteroatoms. The van der Waals surface area contributed by atoms with Crippen LogP contribution in [0.5, 0.6) is 0 Å². The number of unbranched alkanes of at least 4 members (excludes halogenated alkanes) is 1. The van der Waals surface area contributed by atoms with Gasteiger partial charge in [0, 0.05) is 12.8 Å². The van der Waals surface area contributed by atoms with Crippen LogP contribution in [0.3, 0.4) is 0 Å². The minimum absolute atomic E-state index is 0.280. The molecule has 0 heterocycles. The van der Waals surface area contributed by atoms with Crippen LogP contribution in [0.15, 0.2) is 12.2 Å². The predicted octanol–water partition coefficient (Wildman–Crippen LogP) is 3.21. The summed E-state index contributed by atoms with van der Waals surface area (Å²) < 4.78 is 0. The van der Waals surface area contributed by atoms with Gasteiger partial charge in [-0.15, -0.1) is 12.3 Å². The van der Waals surface area contributed by atoms with Gasteiger partial charge in [0.25, 0.3) is 0 Å². The minimum atomic E-state index is 0.280. The zero-order valence-corrected chi connectivity index (χ0v) is 9.70. The number of hydrogen-bond donors (Lipinski definition) is 0. The number of carbonyl (C=O) groups is 1. The molecule has 1 rings (SSSR count). The largest absolute Gasteiger partial charge is 0.295 e. The van der Waals surface area contributed by atoms with Crippen molar-refractivity contribution in [3.63, 3.8) is 0 Å². The van der Waals surface area contributed by atoms with Crippen molar-refractivity contribution in [2.24, 2.45) is 17.8 Å². The van der Waals surface area contributed by atoms with Gasteiger partial charge in [-0.2, -0.15) is 0 Å². The standard InChI is InChI=1S/C14H20O/c1-4-5-6-7-12-8-9-13(15)10-14(12)11(2)3/h1,8-9,11-12,14H,5-7,10H2,2-3H3/t12-,14+/m0/s1. The van der Waals surface area contributed by atoms with Crippen LogP contribution in [0.25, 0.3) is 0 Å². The molecule has 1 nitrogen and oxygen atoms in total. The summed E-state index contributed by atoms with van der Waals surface area (Å²) >= 11 is 0. The molecule has 82 valence electrons. The number of ketones is 1. The molecular weight excluding hydrogens is 184 g/mol. The average Bonchev–Trinajstić information content (AvgIpc) is 2.20. The Bertz CT molecular complexity index is 280. The monoisotopic (exact) mass is 204 g/mol. The van der Waals surface area contributed by atoms with E-state index in [2.05, 4.69) is 25.8 Å². The van der Waals surface area contributed by atoms with Crippen molar-refractivity contribution in [1.82, 2.24) is 0 Å². The first kappa shape index (κ1) is 12.0. The molecule has 0 radical (unpaired) electrons. The first-order valence-corrected chi connectivity index (χ1v) is 5.79. The molecule has 1 aliphatic carbocycles. The number of hydrogen-bond acceptors (Lipinski definition) is 1. The van der Waals surface area contributed by atoms with E-state index in [1.54, 1.807) is 6.08 Å². The van der Waals surface area contributed by atoms with E-state index >= 15 is 0 Å². The van der Waals surface area contributed by atoms with Gasteiger partial charge >= 0.3 is 0 Å². The Labute approximate surface area is 92.9 Å². The lowest BCUT2D eigenvalue weighted by Gasteiger charge is -2.30. The van der Waals surface area contributed by atoms with Crippen molar-refractivity contribution in [3.05, 3.63) is 12.2 Å². The summed E-state index contributed by atoms with van der Waals surface area (Å²) in [7, 11) is 0. The molecule has 0 aromatic heterocycles. The van der Waals surface area contributed by atoms with Gasteiger partial charge in [0.05, 0.1) is 0 Å². The van der Waals surface area contributed by atoms with Crippen LogP contribution in [0, 0.1) is 30.1 Å². The third kappa shape index (κ3) is 3.55. The van der Waals surface area contributed by atoms with Gasteiger partial charge in [0.1, 0.15) is 0 Å². The lowest BCUT2D eigenvalue weighted by atomic mass is 9.74. The molecule has 0 aliphatic heterocycles. The quantitative estimate of drug-likeness (QED) is 0.507. The maximum atomic E-state index is 11.3. The van der Waals surface area contributed by atoms with Gasteiger partial charge in [-0.05, 0) is 36.7 Å². The number of allylic oxidation sites excluding steroid dienone is 2.